The molecule has 0 bridgehead atoms. The Kier molecular flexibility index (Phi) is 6.90. The SMILES string of the molecule is Cc1ccc(S(=O)(=O)N2CC(C(=O)OCc3ccccc3)=C3CC=C[C@@H](c4ccccc4)[C@@H]3C2)cc1. The normalized spacial score (nSPS) is 20.1. The summed E-state index contributed by atoms with van der Waals surface area (Å²) >= 11 is 0. The average Bonchev–Trinajstić information content (AvgIpc) is 2.92. The van der Waals surface area contributed by atoms with E-state index in [0.717, 1.165) is 22.3 Å². The van der Waals surface area contributed by atoms with Crippen molar-refractivity contribution in [1.82, 2.24) is 4.31 Å². The molecule has 0 radical (unpaired) electrons. The Labute approximate surface area is 212 Å². The molecule has 5 nitrogen and oxygen atoms in total. The summed E-state index contributed by atoms with van der Waals surface area (Å²) < 4.78 is 34.5. The molecule has 184 valence electrons. The summed E-state index contributed by atoms with van der Waals surface area (Å²) in [7, 11) is -3.80. The largest absolute Gasteiger partial charge is 0.457 e. The Hall–Kier alpha value is -3.48. The summed E-state index contributed by atoms with van der Waals surface area (Å²) in [5.41, 5.74) is 4.39. The second-order valence-electron chi connectivity index (χ2n) is 9.35. The van der Waals surface area contributed by atoms with E-state index in [4.69, 9.17) is 4.74 Å². The van der Waals surface area contributed by atoms with Crippen molar-refractivity contribution in [1.29, 1.82) is 0 Å². The van der Waals surface area contributed by atoms with Crippen LogP contribution in [0, 0.1) is 12.8 Å². The Morgan fingerprint density at radius 1 is 0.944 bits per heavy atom. The van der Waals surface area contributed by atoms with E-state index >= 15 is 0 Å². The van der Waals surface area contributed by atoms with E-state index in [1.807, 2.05) is 55.5 Å². The zero-order valence-electron chi connectivity index (χ0n) is 20.2. The van der Waals surface area contributed by atoms with Gasteiger partial charge in [-0.05, 0) is 42.2 Å². The van der Waals surface area contributed by atoms with Crippen molar-refractivity contribution in [2.75, 3.05) is 13.1 Å². The fourth-order valence-corrected chi connectivity index (χ4v) is 6.48. The summed E-state index contributed by atoms with van der Waals surface area (Å²) in [6.45, 7) is 2.38. The number of hydrogen-bond donors (Lipinski definition) is 0. The topological polar surface area (TPSA) is 63.7 Å². The maximum Gasteiger partial charge on any atom is 0.335 e. The van der Waals surface area contributed by atoms with Gasteiger partial charge in [-0.15, -0.1) is 0 Å². The van der Waals surface area contributed by atoms with Gasteiger partial charge in [-0.25, -0.2) is 13.2 Å². The van der Waals surface area contributed by atoms with Crippen molar-refractivity contribution < 1.29 is 17.9 Å². The summed E-state index contributed by atoms with van der Waals surface area (Å²) in [5, 5.41) is 0. The zero-order chi connectivity index (χ0) is 25.1. The van der Waals surface area contributed by atoms with Gasteiger partial charge in [0.05, 0.1) is 10.5 Å². The number of allylic oxidation sites excluding steroid dienone is 2. The van der Waals surface area contributed by atoms with Crippen molar-refractivity contribution >= 4 is 16.0 Å². The van der Waals surface area contributed by atoms with Crippen molar-refractivity contribution in [2.45, 2.75) is 30.8 Å². The summed E-state index contributed by atoms with van der Waals surface area (Å²) in [5.74, 6) is -0.627. The third-order valence-corrected chi connectivity index (χ3v) is 8.81. The molecule has 0 fully saturated rings. The van der Waals surface area contributed by atoms with Crippen molar-refractivity contribution in [3.8, 4) is 0 Å². The van der Waals surface area contributed by atoms with Gasteiger partial charge in [-0.3, -0.25) is 0 Å². The van der Waals surface area contributed by atoms with Gasteiger partial charge in [0.25, 0.3) is 0 Å². The van der Waals surface area contributed by atoms with Crippen LogP contribution in [0.3, 0.4) is 0 Å². The van der Waals surface area contributed by atoms with Crippen molar-refractivity contribution in [3.63, 3.8) is 0 Å². The fourth-order valence-electron chi connectivity index (χ4n) is 5.04. The minimum absolute atomic E-state index is 0.00498. The van der Waals surface area contributed by atoms with Crippen LogP contribution in [0.1, 0.15) is 29.0 Å². The van der Waals surface area contributed by atoms with Gasteiger partial charge in [-0.1, -0.05) is 90.5 Å². The van der Waals surface area contributed by atoms with Crippen LogP contribution in [0.2, 0.25) is 0 Å². The summed E-state index contributed by atoms with van der Waals surface area (Å²) in [4.78, 5) is 13.6. The lowest BCUT2D eigenvalue weighted by Gasteiger charge is -2.40. The number of aryl methyl sites for hydroxylation is 1. The number of esters is 1. The van der Waals surface area contributed by atoms with Gasteiger partial charge in [0, 0.05) is 24.9 Å². The predicted molar refractivity (Wildman–Crippen MR) is 140 cm³/mol. The van der Waals surface area contributed by atoms with Crippen LogP contribution in [-0.4, -0.2) is 31.8 Å². The molecule has 0 spiro atoms. The Morgan fingerprint density at radius 2 is 1.61 bits per heavy atom. The number of ether oxygens (including phenoxy) is 1. The molecule has 36 heavy (non-hydrogen) atoms. The molecule has 5 rings (SSSR count). The molecule has 0 aromatic heterocycles. The molecule has 0 unspecified atom stereocenters. The first-order chi connectivity index (χ1) is 17.4. The number of nitrogens with zero attached hydrogens (tertiary/aromatic N) is 1. The van der Waals surface area contributed by atoms with E-state index in [-0.39, 0.29) is 29.9 Å². The standard InChI is InChI=1S/C30H29NO4S/c1-22-15-17-25(18-16-22)36(33,34)31-19-28-26(24-11-6-3-7-12-24)13-8-14-27(28)29(20-31)30(32)35-21-23-9-4-2-5-10-23/h2-13,15-18,26,28H,14,19-21H2,1H3/t26-,28-/m0/s1. The van der Waals surface area contributed by atoms with Gasteiger partial charge < -0.3 is 4.74 Å². The quantitative estimate of drug-likeness (QED) is 0.337. The third-order valence-electron chi connectivity index (χ3n) is 6.99. The number of rotatable bonds is 6. The Balaban J connectivity index is 1.51. The smallest absolute Gasteiger partial charge is 0.335 e. The van der Waals surface area contributed by atoms with E-state index in [0.29, 0.717) is 18.5 Å². The molecule has 0 saturated carbocycles. The molecular weight excluding hydrogens is 470 g/mol. The van der Waals surface area contributed by atoms with E-state index in [9.17, 15) is 13.2 Å². The van der Waals surface area contributed by atoms with Crippen molar-refractivity contribution in [2.24, 2.45) is 5.92 Å². The van der Waals surface area contributed by atoms with Crippen LogP contribution >= 0.6 is 0 Å². The van der Waals surface area contributed by atoms with E-state index in [2.05, 4.69) is 24.3 Å². The van der Waals surface area contributed by atoms with E-state index in [1.54, 1.807) is 24.3 Å². The highest BCUT2D eigenvalue weighted by molar-refractivity contribution is 7.89. The highest BCUT2D eigenvalue weighted by Crippen LogP contribution is 2.42. The number of sulfonamides is 1. The first kappa shape index (κ1) is 24.2. The lowest BCUT2D eigenvalue weighted by atomic mass is 9.73. The molecule has 6 heteroatoms. The monoisotopic (exact) mass is 499 g/mol. The van der Waals surface area contributed by atoms with Gasteiger partial charge in [-0.2, -0.15) is 4.31 Å². The summed E-state index contributed by atoms with van der Waals surface area (Å²) in [6, 6.07) is 26.4. The molecule has 0 amide bonds. The Morgan fingerprint density at radius 3 is 2.31 bits per heavy atom. The molecule has 0 saturated heterocycles. The maximum atomic E-state index is 13.7. The first-order valence-electron chi connectivity index (χ1n) is 12.1. The summed E-state index contributed by atoms with van der Waals surface area (Å²) in [6.07, 6.45) is 4.83. The molecular formula is C30H29NO4S. The van der Waals surface area contributed by atoms with Gasteiger partial charge >= 0.3 is 5.97 Å². The van der Waals surface area contributed by atoms with Gasteiger partial charge in [0.15, 0.2) is 0 Å². The van der Waals surface area contributed by atoms with Crippen LogP contribution in [0.25, 0.3) is 0 Å². The number of carbonyl (C=O) groups is 1. The van der Waals surface area contributed by atoms with Gasteiger partial charge in [0.1, 0.15) is 6.61 Å². The highest BCUT2D eigenvalue weighted by atomic mass is 32.2. The minimum Gasteiger partial charge on any atom is -0.457 e. The fraction of sp³-hybridized carbons (Fsp3) is 0.233. The second-order valence-corrected chi connectivity index (χ2v) is 11.3. The zero-order valence-corrected chi connectivity index (χ0v) is 21.0. The van der Waals surface area contributed by atoms with Crippen LogP contribution in [0.4, 0.5) is 0 Å². The maximum absolute atomic E-state index is 13.7. The lowest BCUT2D eigenvalue weighted by molar-refractivity contribution is -0.140. The lowest BCUT2D eigenvalue weighted by Crippen LogP contribution is -2.45. The molecule has 1 aliphatic carbocycles. The van der Waals surface area contributed by atoms with Crippen LogP contribution in [0.5, 0.6) is 0 Å². The molecule has 3 aromatic rings. The van der Waals surface area contributed by atoms with E-state index < -0.39 is 16.0 Å². The van der Waals surface area contributed by atoms with Crippen LogP contribution < -0.4 is 0 Å². The number of hydrogen-bond acceptors (Lipinski definition) is 4. The van der Waals surface area contributed by atoms with Crippen LogP contribution in [0.15, 0.2) is 113 Å². The number of carbonyl (C=O) groups excluding carboxylic acids is 1. The van der Waals surface area contributed by atoms with Crippen molar-refractivity contribution in [3.05, 3.63) is 125 Å². The number of fused-ring (bicyclic) bond motifs is 1. The molecule has 2 atom stereocenters. The first-order valence-corrected chi connectivity index (χ1v) is 13.6. The predicted octanol–water partition coefficient (Wildman–Crippen LogP) is 5.40. The molecule has 2 aliphatic rings. The van der Waals surface area contributed by atoms with Crippen LogP contribution in [-0.2, 0) is 26.2 Å². The third kappa shape index (κ3) is 4.92. The minimum atomic E-state index is -3.80. The molecule has 1 aliphatic heterocycles. The molecule has 1 heterocycles. The molecule has 0 N–H and O–H groups in total. The van der Waals surface area contributed by atoms with Gasteiger partial charge in [0.2, 0.25) is 10.0 Å². The average molecular weight is 500 g/mol. The highest BCUT2D eigenvalue weighted by Gasteiger charge is 2.41. The number of benzene rings is 3. The second kappa shape index (κ2) is 10.2. The molecule has 3 aromatic carbocycles. The Bertz CT molecular complexity index is 1390. The van der Waals surface area contributed by atoms with E-state index in [1.165, 1.54) is 4.31 Å².